The molecule has 1 aliphatic rings. The van der Waals surface area contributed by atoms with Gasteiger partial charge in [0.1, 0.15) is 0 Å². The van der Waals surface area contributed by atoms with Crippen LogP contribution in [0.1, 0.15) is 29.9 Å². The molecule has 0 N–H and O–H groups in total. The minimum Gasteiger partial charge on any atom is -0.342 e. The van der Waals surface area contributed by atoms with Crippen LogP contribution in [0.5, 0.6) is 0 Å². The first kappa shape index (κ1) is 21.0. The van der Waals surface area contributed by atoms with E-state index in [1.807, 2.05) is 73.0 Å². The Morgan fingerprint density at radius 1 is 0.966 bits per heavy atom. The van der Waals surface area contributed by atoms with Crippen LogP contribution in [0.4, 0.5) is 0 Å². The van der Waals surface area contributed by atoms with Gasteiger partial charge in [-0.1, -0.05) is 30.3 Å². The van der Waals surface area contributed by atoms with Crippen molar-refractivity contribution in [1.82, 2.24) is 19.7 Å². The Morgan fingerprint density at radius 2 is 1.62 bits per heavy atom. The van der Waals surface area contributed by atoms with Crippen LogP contribution in [0.3, 0.4) is 0 Å². The fourth-order valence-electron chi connectivity index (χ4n) is 3.70. The van der Waals surface area contributed by atoms with Gasteiger partial charge in [-0.2, -0.15) is 0 Å². The molecule has 1 fully saturated rings. The van der Waals surface area contributed by atoms with E-state index in [2.05, 4.69) is 9.88 Å². The van der Waals surface area contributed by atoms with Crippen molar-refractivity contribution in [2.45, 2.75) is 20.8 Å². The van der Waals surface area contributed by atoms with Crippen LogP contribution in [0.15, 0.2) is 42.5 Å². The molecule has 1 aliphatic heterocycles. The van der Waals surface area contributed by atoms with Crippen molar-refractivity contribution in [3.63, 3.8) is 0 Å². The van der Waals surface area contributed by atoms with E-state index in [1.54, 1.807) is 0 Å². The van der Waals surface area contributed by atoms with E-state index in [-0.39, 0.29) is 11.8 Å². The van der Waals surface area contributed by atoms with E-state index in [4.69, 9.17) is 0 Å². The summed E-state index contributed by atoms with van der Waals surface area (Å²) in [6.45, 7) is 10.5. The summed E-state index contributed by atoms with van der Waals surface area (Å²) in [5.74, 6) is 0.177. The van der Waals surface area contributed by atoms with Crippen LogP contribution in [-0.4, -0.2) is 77.3 Å². The highest BCUT2D eigenvalue weighted by Crippen LogP contribution is 2.20. The number of pyridine rings is 1. The lowest BCUT2D eigenvalue weighted by Gasteiger charge is -2.35. The number of carbonyl (C=O) groups excluding carboxylic acids is 2. The highest BCUT2D eigenvalue weighted by molar-refractivity contribution is 5.95. The maximum atomic E-state index is 13.0. The fraction of sp³-hybridized carbons (Fsp3) is 0.435. The number of aromatic nitrogens is 1. The van der Waals surface area contributed by atoms with Gasteiger partial charge in [0.15, 0.2) is 0 Å². The second kappa shape index (κ2) is 9.65. The van der Waals surface area contributed by atoms with Crippen molar-refractivity contribution < 1.29 is 9.59 Å². The van der Waals surface area contributed by atoms with E-state index in [1.165, 1.54) is 0 Å². The lowest BCUT2D eigenvalue weighted by atomic mass is 10.1. The number of aryl methyl sites for hydroxylation is 1. The summed E-state index contributed by atoms with van der Waals surface area (Å²) >= 11 is 0. The Bertz CT molecular complexity index is 841. The predicted octanol–water partition coefficient (Wildman–Crippen LogP) is 2.68. The average Bonchev–Trinajstić information content (AvgIpc) is 2.75. The minimum atomic E-state index is 0.0179. The van der Waals surface area contributed by atoms with E-state index in [0.717, 1.165) is 30.0 Å². The Balaban J connectivity index is 1.60. The highest BCUT2D eigenvalue weighted by atomic mass is 16.2. The average molecular weight is 395 g/mol. The molecule has 2 heterocycles. The molecule has 0 unspecified atom stereocenters. The molecule has 0 radical (unpaired) electrons. The van der Waals surface area contributed by atoms with Crippen LogP contribution in [0.25, 0.3) is 11.3 Å². The summed E-state index contributed by atoms with van der Waals surface area (Å²) in [5, 5.41) is 0. The molecule has 2 aromatic rings. The van der Waals surface area contributed by atoms with Crippen molar-refractivity contribution in [1.29, 1.82) is 0 Å². The molecule has 0 atom stereocenters. The predicted molar refractivity (Wildman–Crippen MR) is 115 cm³/mol. The summed E-state index contributed by atoms with van der Waals surface area (Å²) < 4.78 is 0. The number of carbonyl (C=O) groups is 2. The number of benzene rings is 1. The normalized spacial score (nSPS) is 14.7. The second-order valence-electron chi connectivity index (χ2n) is 7.33. The SMILES string of the molecule is CCN(CC)C(=O)CN1CCN(C(=O)c2ccc(-c3ccccc3)nc2C)CC1. The maximum absolute atomic E-state index is 13.0. The molecule has 0 spiro atoms. The standard InChI is InChI=1S/C23H30N4O2/c1-4-26(5-2)22(28)17-25-13-15-27(16-14-25)23(29)20-11-12-21(24-18(20)3)19-9-7-6-8-10-19/h6-12H,4-5,13-17H2,1-3H3. The number of rotatable bonds is 6. The van der Waals surface area contributed by atoms with E-state index < -0.39 is 0 Å². The van der Waals surface area contributed by atoms with E-state index in [9.17, 15) is 9.59 Å². The number of amides is 2. The van der Waals surface area contributed by atoms with Gasteiger partial charge < -0.3 is 9.80 Å². The molecule has 1 aromatic carbocycles. The zero-order valence-electron chi connectivity index (χ0n) is 17.6. The van der Waals surface area contributed by atoms with Crippen LogP contribution in [-0.2, 0) is 4.79 Å². The number of likely N-dealkylation sites (N-methyl/N-ethyl adjacent to an activating group) is 1. The van der Waals surface area contributed by atoms with Crippen LogP contribution >= 0.6 is 0 Å². The molecule has 0 bridgehead atoms. The second-order valence-corrected chi connectivity index (χ2v) is 7.33. The van der Waals surface area contributed by atoms with E-state index >= 15 is 0 Å². The Morgan fingerprint density at radius 3 is 2.21 bits per heavy atom. The summed E-state index contributed by atoms with van der Waals surface area (Å²) in [6, 6.07) is 13.8. The maximum Gasteiger partial charge on any atom is 0.255 e. The van der Waals surface area contributed by atoms with Gasteiger partial charge in [-0.25, -0.2) is 0 Å². The molecule has 154 valence electrons. The molecule has 3 rings (SSSR count). The summed E-state index contributed by atoms with van der Waals surface area (Å²) in [7, 11) is 0. The first-order valence-electron chi connectivity index (χ1n) is 10.4. The molecule has 2 amide bonds. The van der Waals surface area contributed by atoms with E-state index in [0.29, 0.717) is 38.3 Å². The number of hydrogen-bond acceptors (Lipinski definition) is 4. The van der Waals surface area contributed by atoms with Gasteiger partial charge in [-0.05, 0) is 32.9 Å². The van der Waals surface area contributed by atoms with Gasteiger partial charge in [0.2, 0.25) is 5.91 Å². The first-order valence-corrected chi connectivity index (χ1v) is 10.4. The molecular formula is C23H30N4O2. The first-order chi connectivity index (χ1) is 14.0. The topological polar surface area (TPSA) is 56.8 Å². The zero-order valence-corrected chi connectivity index (χ0v) is 17.6. The largest absolute Gasteiger partial charge is 0.342 e. The zero-order chi connectivity index (χ0) is 20.8. The van der Waals surface area contributed by atoms with Crippen molar-refractivity contribution >= 4 is 11.8 Å². The van der Waals surface area contributed by atoms with Crippen molar-refractivity contribution in [3.05, 3.63) is 53.7 Å². The van der Waals surface area contributed by atoms with Crippen molar-refractivity contribution in [3.8, 4) is 11.3 Å². The molecule has 1 saturated heterocycles. The Labute approximate surface area is 173 Å². The molecule has 0 saturated carbocycles. The number of nitrogens with zero attached hydrogens (tertiary/aromatic N) is 4. The van der Waals surface area contributed by atoms with Gasteiger partial charge in [0, 0.05) is 44.8 Å². The Hall–Kier alpha value is -2.73. The third-order valence-electron chi connectivity index (χ3n) is 5.52. The summed E-state index contributed by atoms with van der Waals surface area (Å²) in [6.07, 6.45) is 0. The van der Waals surface area contributed by atoms with Gasteiger partial charge in [0.25, 0.3) is 5.91 Å². The lowest BCUT2D eigenvalue weighted by Crippen LogP contribution is -2.51. The van der Waals surface area contributed by atoms with Crippen LogP contribution in [0.2, 0.25) is 0 Å². The van der Waals surface area contributed by atoms with Gasteiger partial charge >= 0.3 is 0 Å². The van der Waals surface area contributed by atoms with Crippen LogP contribution < -0.4 is 0 Å². The molecular weight excluding hydrogens is 364 g/mol. The van der Waals surface area contributed by atoms with Crippen molar-refractivity contribution in [2.75, 3.05) is 45.8 Å². The molecule has 6 heteroatoms. The molecule has 29 heavy (non-hydrogen) atoms. The molecule has 0 aliphatic carbocycles. The third-order valence-corrected chi connectivity index (χ3v) is 5.52. The van der Waals surface area contributed by atoms with Crippen molar-refractivity contribution in [2.24, 2.45) is 0 Å². The number of hydrogen-bond donors (Lipinski definition) is 0. The van der Waals surface area contributed by atoms with Gasteiger partial charge in [-0.3, -0.25) is 19.5 Å². The highest BCUT2D eigenvalue weighted by Gasteiger charge is 2.25. The lowest BCUT2D eigenvalue weighted by molar-refractivity contribution is -0.132. The summed E-state index contributed by atoms with van der Waals surface area (Å²) in [5.41, 5.74) is 3.31. The van der Waals surface area contributed by atoms with Gasteiger partial charge in [0.05, 0.1) is 23.5 Å². The fourth-order valence-corrected chi connectivity index (χ4v) is 3.70. The third kappa shape index (κ3) is 5.01. The monoisotopic (exact) mass is 394 g/mol. The quantitative estimate of drug-likeness (QED) is 0.756. The molecule has 6 nitrogen and oxygen atoms in total. The number of piperazine rings is 1. The van der Waals surface area contributed by atoms with Gasteiger partial charge in [-0.15, -0.1) is 0 Å². The molecule has 1 aromatic heterocycles. The minimum absolute atomic E-state index is 0.0179. The van der Waals surface area contributed by atoms with Crippen LogP contribution in [0, 0.1) is 6.92 Å². The summed E-state index contributed by atoms with van der Waals surface area (Å²) in [4.78, 5) is 35.8. The smallest absolute Gasteiger partial charge is 0.255 e. The Kier molecular flexibility index (Phi) is 6.99.